The molecule has 0 aliphatic carbocycles. The molecule has 28 heavy (non-hydrogen) atoms. The molecule has 1 fully saturated rings. The molecular weight excluding hydrogens is 357 g/mol. The summed E-state index contributed by atoms with van der Waals surface area (Å²) < 4.78 is 25.7. The smallest absolute Gasteiger partial charge is 0.183 e. The lowest BCUT2D eigenvalue weighted by atomic mass is 9.92. The average Bonchev–Trinajstić information content (AvgIpc) is 3.17. The van der Waals surface area contributed by atoms with Crippen LogP contribution in [0.4, 0.5) is 4.39 Å². The Bertz CT molecular complexity index is 920. The molecule has 3 aliphatic rings. The molecule has 0 aromatic heterocycles. The number of piperidine rings is 1. The molecule has 1 spiro atoms. The Balaban J connectivity index is 1.60. The van der Waals surface area contributed by atoms with Crippen molar-refractivity contribution < 1.29 is 13.9 Å². The normalized spacial score (nSPS) is 23.4. The lowest BCUT2D eigenvalue weighted by Gasteiger charge is -2.51. The van der Waals surface area contributed by atoms with E-state index in [1.807, 2.05) is 12.1 Å². The summed E-state index contributed by atoms with van der Waals surface area (Å²) >= 11 is 0. The highest BCUT2D eigenvalue weighted by Gasteiger charge is 2.52. The molecule has 2 aromatic carbocycles. The topological polar surface area (TPSA) is 37.0 Å². The van der Waals surface area contributed by atoms with Gasteiger partial charge in [-0.25, -0.2) is 4.39 Å². The Hall–Kier alpha value is -2.57. The van der Waals surface area contributed by atoms with E-state index in [2.05, 4.69) is 34.5 Å². The van der Waals surface area contributed by atoms with Gasteiger partial charge in [-0.1, -0.05) is 12.1 Å². The van der Waals surface area contributed by atoms with Crippen LogP contribution in [-0.4, -0.2) is 42.9 Å². The third-order valence-corrected chi connectivity index (χ3v) is 6.05. The molecule has 0 radical (unpaired) electrons. The van der Waals surface area contributed by atoms with Crippen LogP contribution in [0.2, 0.25) is 0 Å². The minimum atomic E-state index is -0.447. The van der Waals surface area contributed by atoms with Crippen LogP contribution in [0.15, 0.2) is 48.5 Å². The summed E-state index contributed by atoms with van der Waals surface area (Å²) in [6, 6.07) is 12.7. The maximum Gasteiger partial charge on any atom is 0.183 e. The van der Waals surface area contributed by atoms with E-state index in [-0.39, 0.29) is 11.9 Å². The highest BCUT2D eigenvalue weighted by Crippen LogP contribution is 2.51. The summed E-state index contributed by atoms with van der Waals surface area (Å²) in [6.45, 7) is 1.92. The summed E-state index contributed by atoms with van der Waals surface area (Å²) in [5.41, 5.74) is 6.14. The van der Waals surface area contributed by atoms with Gasteiger partial charge in [-0.3, -0.25) is 0 Å². The van der Waals surface area contributed by atoms with Crippen LogP contribution >= 0.6 is 0 Å². The molecule has 3 heterocycles. The molecule has 6 heteroatoms. The van der Waals surface area contributed by atoms with E-state index in [1.54, 1.807) is 19.2 Å². The van der Waals surface area contributed by atoms with Gasteiger partial charge in [0, 0.05) is 31.5 Å². The van der Waals surface area contributed by atoms with Crippen molar-refractivity contribution in [3.05, 3.63) is 65.5 Å². The fourth-order valence-corrected chi connectivity index (χ4v) is 4.43. The van der Waals surface area contributed by atoms with Crippen LogP contribution in [0, 0.1) is 5.82 Å². The monoisotopic (exact) mass is 381 g/mol. The van der Waals surface area contributed by atoms with Gasteiger partial charge in [0.1, 0.15) is 5.82 Å². The minimum absolute atomic E-state index is 0.0299. The summed E-state index contributed by atoms with van der Waals surface area (Å²) in [4.78, 5) is 2.33. The average molecular weight is 381 g/mol. The van der Waals surface area contributed by atoms with Gasteiger partial charge in [0.05, 0.1) is 18.8 Å². The first kappa shape index (κ1) is 17.5. The number of halogens is 1. The molecule has 3 aliphatic heterocycles. The molecule has 0 amide bonds. The van der Waals surface area contributed by atoms with Gasteiger partial charge in [0.15, 0.2) is 17.2 Å². The number of benzene rings is 2. The van der Waals surface area contributed by atoms with Crippen molar-refractivity contribution in [3.63, 3.8) is 0 Å². The van der Waals surface area contributed by atoms with Crippen molar-refractivity contribution in [2.75, 3.05) is 27.2 Å². The standard InChI is InChI=1S/C22H24FN3O2/c1-25-12-10-22(11-13-25)26-19(17-4-3-5-20(27-2)21(17)28-22)14-18(24-26)15-6-8-16(23)9-7-15/h3-9,14,19,24H,10-13H2,1-2H3. The number of para-hydroxylation sites is 1. The number of likely N-dealkylation sites (tertiary alicyclic amines) is 1. The number of methoxy groups -OCH3 is 1. The van der Waals surface area contributed by atoms with Crippen molar-refractivity contribution in [1.29, 1.82) is 0 Å². The Morgan fingerprint density at radius 1 is 1.14 bits per heavy atom. The third kappa shape index (κ3) is 2.67. The van der Waals surface area contributed by atoms with Crippen LogP contribution < -0.4 is 14.9 Å². The predicted octanol–water partition coefficient (Wildman–Crippen LogP) is 3.55. The number of ether oxygens (including phenoxy) is 2. The van der Waals surface area contributed by atoms with Gasteiger partial charge in [0.2, 0.25) is 0 Å². The molecule has 1 saturated heterocycles. The molecule has 5 nitrogen and oxygen atoms in total. The molecule has 1 unspecified atom stereocenters. The number of hydrazine groups is 1. The van der Waals surface area contributed by atoms with Crippen molar-refractivity contribution in [1.82, 2.24) is 15.3 Å². The molecule has 0 bridgehead atoms. The summed E-state index contributed by atoms with van der Waals surface area (Å²) in [7, 11) is 3.82. The second kappa shape index (κ2) is 6.50. The molecule has 5 rings (SSSR count). The zero-order valence-electron chi connectivity index (χ0n) is 16.1. The summed E-state index contributed by atoms with van der Waals surface area (Å²) in [6.07, 6.45) is 3.97. The van der Waals surface area contributed by atoms with E-state index in [0.29, 0.717) is 0 Å². The molecule has 0 saturated carbocycles. The number of hydrogen-bond acceptors (Lipinski definition) is 5. The highest BCUT2D eigenvalue weighted by molar-refractivity contribution is 5.68. The SMILES string of the molecule is COc1cccc2c1OC1(CCN(C)CC1)N1NC(c3ccc(F)cc3)=CC21. The quantitative estimate of drug-likeness (QED) is 0.861. The number of nitrogens with zero attached hydrogens (tertiary/aromatic N) is 2. The first-order chi connectivity index (χ1) is 13.6. The van der Waals surface area contributed by atoms with Gasteiger partial charge in [-0.15, -0.1) is 0 Å². The maximum atomic E-state index is 13.4. The lowest BCUT2D eigenvalue weighted by Crippen LogP contribution is -2.63. The second-order valence-corrected chi connectivity index (χ2v) is 7.74. The van der Waals surface area contributed by atoms with Crippen LogP contribution in [-0.2, 0) is 0 Å². The van der Waals surface area contributed by atoms with E-state index in [0.717, 1.165) is 54.3 Å². The van der Waals surface area contributed by atoms with Crippen molar-refractivity contribution >= 4 is 5.70 Å². The Kier molecular flexibility index (Phi) is 4.07. The van der Waals surface area contributed by atoms with Crippen LogP contribution in [0.25, 0.3) is 5.70 Å². The summed E-state index contributed by atoms with van der Waals surface area (Å²) in [5, 5.41) is 2.24. The third-order valence-electron chi connectivity index (χ3n) is 6.05. The fraction of sp³-hybridized carbons (Fsp3) is 0.364. The molecule has 2 aromatic rings. The Morgan fingerprint density at radius 3 is 2.61 bits per heavy atom. The number of fused-ring (bicyclic) bond motifs is 4. The zero-order valence-corrected chi connectivity index (χ0v) is 16.1. The van der Waals surface area contributed by atoms with Crippen LogP contribution in [0.5, 0.6) is 11.5 Å². The van der Waals surface area contributed by atoms with Crippen LogP contribution in [0.1, 0.15) is 30.0 Å². The van der Waals surface area contributed by atoms with Crippen LogP contribution in [0.3, 0.4) is 0 Å². The molecule has 1 N–H and O–H groups in total. The van der Waals surface area contributed by atoms with E-state index in [4.69, 9.17) is 9.47 Å². The summed E-state index contributed by atoms with van der Waals surface area (Å²) in [5.74, 6) is 1.36. The maximum absolute atomic E-state index is 13.4. The molecular formula is C22H24FN3O2. The minimum Gasteiger partial charge on any atom is -0.493 e. The van der Waals surface area contributed by atoms with Gasteiger partial charge >= 0.3 is 0 Å². The van der Waals surface area contributed by atoms with Gasteiger partial charge < -0.3 is 19.8 Å². The van der Waals surface area contributed by atoms with E-state index >= 15 is 0 Å². The Labute approximate surface area is 164 Å². The fourth-order valence-electron chi connectivity index (χ4n) is 4.43. The zero-order chi connectivity index (χ0) is 19.3. The number of rotatable bonds is 2. The van der Waals surface area contributed by atoms with E-state index in [1.165, 1.54) is 12.1 Å². The first-order valence-electron chi connectivity index (χ1n) is 9.68. The van der Waals surface area contributed by atoms with Crippen molar-refractivity contribution in [2.45, 2.75) is 24.6 Å². The highest BCUT2D eigenvalue weighted by atomic mass is 19.1. The second-order valence-electron chi connectivity index (χ2n) is 7.74. The lowest BCUT2D eigenvalue weighted by molar-refractivity contribution is -0.158. The van der Waals surface area contributed by atoms with Gasteiger partial charge in [-0.2, -0.15) is 5.01 Å². The van der Waals surface area contributed by atoms with Crippen molar-refractivity contribution in [2.24, 2.45) is 0 Å². The van der Waals surface area contributed by atoms with E-state index < -0.39 is 5.72 Å². The van der Waals surface area contributed by atoms with Gasteiger partial charge in [0.25, 0.3) is 0 Å². The molecule has 1 atom stereocenters. The Morgan fingerprint density at radius 2 is 1.89 bits per heavy atom. The predicted molar refractivity (Wildman–Crippen MR) is 105 cm³/mol. The van der Waals surface area contributed by atoms with Gasteiger partial charge in [-0.05, 0) is 49.0 Å². The van der Waals surface area contributed by atoms with E-state index in [9.17, 15) is 4.39 Å². The largest absolute Gasteiger partial charge is 0.493 e. The number of hydrogen-bond donors (Lipinski definition) is 1. The molecule has 146 valence electrons. The number of nitrogens with one attached hydrogen (secondary N) is 1. The van der Waals surface area contributed by atoms with Crippen molar-refractivity contribution in [3.8, 4) is 11.5 Å². The first-order valence-corrected chi connectivity index (χ1v) is 9.68.